The van der Waals surface area contributed by atoms with Gasteiger partial charge >= 0.3 is 5.97 Å². The third-order valence-corrected chi connectivity index (χ3v) is 1.34. The lowest BCUT2D eigenvalue weighted by molar-refractivity contribution is -0.146. The molecule has 0 heterocycles. The first-order valence-electron chi connectivity index (χ1n) is 4.57. The third kappa shape index (κ3) is 6.54. The van der Waals surface area contributed by atoms with Gasteiger partial charge in [-0.2, -0.15) is 0 Å². The highest BCUT2D eigenvalue weighted by atomic mass is 16.5. The molecule has 0 unspecified atom stereocenters. The molecule has 78 valence electrons. The second kappa shape index (κ2) is 6.86. The molecule has 13 heavy (non-hydrogen) atoms. The van der Waals surface area contributed by atoms with E-state index in [9.17, 15) is 4.79 Å². The zero-order valence-electron chi connectivity index (χ0n) is 8.58. The zero-order valence-corrected chi connectivity index (χ0v) is 8.58. The van der Waals surface area contributed by atoms with Gasteiger partial charge in [-0.3, -0.25) is 4.79 Å². The molecule has 0 fully saturated rings. The summed E-state index contributed by atoms with van der Waals surface area (Å²) < 4.78 is 9.92. The molecule has 0 rings (SSSR count). The van der Waals surface area contributed by atoms with Gasteiger partial charge in [-0.1, -0.05) is 13.8 Å². The Hall–Kier alpha value is -0.610. The van der Waals surface area contributed by atoms with Crippen molar-refractivity contribution in [2.45, 2.75) is 26.8 Å². The lowest BCUT2D eigenvalue weighted by Crippen LogP contribution is -2.37. The smallest absolute Gasteiger partial charge is 0.325 e. The fourth-order valence-electron chi connectivity index (χ4n) is 0.748. The van der Waals surface area contributed by atoms with E-state index in [0.717, 1.165) is 0 Å². The lowest BCUT2D eigenvalue weighted by Gasteiger charge is -2.11. The fourth-order valence-corrected chi connectivity index (χ4v) is 0.748. The second-order valence-electron chi connectivity index (χ2n) is 3.29. The molecule has 2 N–H and O–H groups in total. The zero-order chi connectivity index (χ0) is 10.3. The Morgan fingerprint density at radius 1 is 1.38 bits per heavy atom. The molecule has 0 aromatic carbocycles. The highest BCUT2D eigenvalue weighted by Crippen LogP contribution is 1.94. The van der Waals surface area contributed by atoms with Gasteiger partial charge < -0.3 is 15.2 Å². The van der Waals surface area contributed by atoms with Crippen LogP contribution in [-0.4, -0.2) is 31.8 Å². The number of carbonyl (C=O) groups excluding carboxylic acids is 1. The van der Waals surface area contributed by atoms with E-state index in [1.54, 1.807) is 6.92 Å². The van der Waals surface area contributed by atoms with E-state index in [4.69, 9.17) is 15.2 Å². The summed E-state index contributed by atoms with van der Waals surface area (Å²) in [4.78, 5) is 11.0. The Labute approximate surface area is 79.4 Å². The number of ether oxygens (including phenoxy) is 2. The summed E-state index contributed by atoms with van der Waals surface area (Å²) in [6.45, 7) is 7.03. The summed E-state index contributed by atoms with van der Waals surface area (Å²) in [5.74, 6) is 0.0562. The Bertz CT molecular complexity index is 148. The summed E-state index contributed by atoms with van der Waals surface area (Å²) in [5.41, 5.74) is 5.49. The predicted octanol–water partition coefficient (Wildman–Crippen LogP) is 0.549. The van der Waals surface area contributed by atoms with Crippen LogP contribution in [0.15, 0.2) is 0 Å². The molecule has 0 aliphatic rings. The summed E-state index contributed by atoms with van der Waals surface area (Å²) in [7, 11) is 0. The van der Waals surface area contributed by atoms with Crippen LogP contribution in [-0.2, 0) is 14.3 Å². The van der Waals surface area contributed by atoms with Crippen molar-refractivity contribution >= 4 is 5.97 Å². The predicted molar refractivity (Wildman–Crippen MR) is 50.3 cm³/mol. The minimum Gasteiger partial charge on any atom is -0.465 e. The number of rotatable bonds is 6. The molecule has 0 aromatic heterocycles. The van der Waals surface area contributed by atoms with E-state index in [0.29, 0.717) is 19.1 Å². The number of carbonyl (C=O) groups is 1. The Kier molecular flexibility index (Phi) is 6.54. The van der Waals surface area contributed by atoms with E-state index in [1.807, 2.05) is 13.8 Å². The highest BCUT2D eigenvalue weighted by Gasteiger charge is 2.14. The summed E-state index contributed by atoms with van der Waals surface area (Å²) in [6, 6.07) is -0.654. The molecule has 4 heteroatoms. The summed E-state index contributed by atoms with van der Waals surface area (Å²) in [5, 5.41) is 0. The standard InChI is InChI=1S/C9H19NO3/c1-4-13-9(11)8(10)6-12-5-7(2)3/h7-8H,4-6,10H2,1-3H3/t8-/m0/s1. The topological polar surface area (TPSA) is 61.5 Å². The molecule has 0 aliphatic carbocycles. The minimum absolute atomic E-state index is 0.233. The van der Waals surface area contributed by atoms with Crippen molar-refractivity contribution in [2.75, 3.05) is 19.8 Å². The van der Waals surface area contributed by atoms with Crippen molar-refractivity contribution in [3.8, 4) is 0 Å². The van der Waals surface area contributed by atoms with Crippen molar-refractivity contribution in [3.05, 3.63) is 0 Å². The molecule has 0 radical (unpaired) electrons. The summed E-state index contributed by atoms with van der Waals surface area (Å²) >= 11 is 0. The largest absolute Gasteiger partial charge is 0.465 e. The van der Waals surface area contributed by atoms with Crippen molar-refractivity contribution in [2.24, 2.45) is 11.7 Å². The molecular weight excluding hydrogens is 170 g/mol. The summed E-state index contributed by atoms with van der Waals surface area (Å²) in [6.07, 6.45) is 0. The van der Waals surface area contributed by atoms with Crippen LogP contribution >= 0.6 is 0 Å². The molecule has 0 aromatic rings. The van der Waals surface area contributed by atoms with Gasteiger partial charge in [0.25, 0.3) is 0 Å². The number of hydrogen-bond acceptors (Lipinski definition) is 4. The van der Waals surface area contributed by atoms with Gasteiger partial charge in [-0.15, -0.1) is 0 Å². The first-order chi connectivity index (χ1) is 6.07. The fraction of sp³-hybridized carbons (Fsp3) is 0.889. The molecule has 1 atom stereocenters. The van der Waals surface area contributed by atoms with Gasteiger partial charge in [-0.05, 0) is 12.8 Å². The van der Waals surface area contributed by atoms with Gasteiger partial charge in [0.1, 0.15) is 6.04 Å². The van der Waals surface area contributed by atoms with Gasteiger partial charge in [0.2, 0.25) is 0 Å². The quantitative estimate of drug-likeness (QED) is 0.620. The van der Waals surface area contributed by atoms with Crippen LogP contribution in [0.4, 0.5) is 0 Å². The number of hydrogen-bond donors (Lipinski definition) is 1. The van der Waals surface area contributed by atoms with Gasteiger partial charge in [0, 0.05) is 6.61 Å². The van der Waals surface area contributed by atoms with Gasteiger partial charge in [0.15, 0.2) is 0 Å². The normalized spacial score (nSPS) is 13.0. The Morgan fingerprint density at radius 2 is 2.00 bits per heavy atom. The van der Waals surface area contributed by atoms with E-state index in [1.165, 1.54) is 0 Å². The van der Waals surface area contributed by atoms with Crippen LogP contribution in [0.1, 0.15) is 20.8 Å². The Balaban J connectivity index is 3.49. The van der Waals surface area contributed by atoms with Crippen LogP contribution in [0, 0.1) is 5.92 Å². The molecule has 0 saturated carbocycles. The van der Waals surface area contributed by atoms with Crippen molar-refractivity contribution < 1.29 is 14.3 Å². The van der Waals surface area contributed by atoms with Crippen LogP contribution in [0.2, 0.25) is 0 Å². The first kappa shape index (κ1) is 12.4. The molecule has 0 bridgehead atoms. The van der Waals surface area contributed by atoms with Crippen molar-refractivity contribution in [1.29, 1.82) is 0 Å². The molecule has 0 amide bonds. The second-order valence-corrected chi connectivity index (χ2v) is 3.29. The monoisotopic (exact) mass is 189 g/mol. The maximum Gasteiger partial charge on any atom is 0.325 e. The van der Waals surface area contributed by atoms with E-state index in [2.05, 4.69) is 0 Å². The SMILES string of the molecule is CCOC(=O)[C@@H](N)COCC(C)C. The van der Waals surface area contributed by atoms with Crippen LogP contribution in [0.25, 0.3) is 0 Å². The molecule has 0 spiro atoms. The van der Waals surface area contributed by atoms with E-state index >= 15 is 0 Å². The molecule has 0 saturated heterocycles. The van der Waals surface area contributed by atoms with E-state index in [-0.39, 0.29) is 6.61 Å². The van der Waals surface area contributed by atoms with Crippen LogP contribution < -0.4 is 5.73 Å². The maximum absolute atomic E-state index is 11.0. The molecular formula is C9H19NO3. The Morgan fingerprint density at radius 3 is 2.46 bits per heavy atom. The van der Waals surface area contributed by atoms with Crippen molar-refractivity contribution in [1.82, 2.24) is 0 Å². The molecule has 4 nitrogen and oxygen atoms in total. The maximum atomic E-state index is 11.0. The van der Waals surface area contributed by atoms with Gasteiger partial charge in [-0.25, -0.2) is 0 Å². The minimum atomic E-state index is -0.654. The van der Waals surface area contributed by atoms with E-state index < -0.39 is 12.0 Å². The van der Waals surface area contributed by atoms with Gasteiger partial charge in [0.05, 0.1) is 13.2 Å². The number of nitrogens with two attached hydrogens (primary N) is 1. The van der Waals surface area contributed by atoms with Crippen LogP contribution in [0.5, 0.6) is 0 Å². The molecule has 0 aliphatic heterocycles. The average molecular weight is 189 g/mol. The van der Waals surface area contributed by atoms with Crippen LogP contribution in [0.3, 0.4) is 0 Å². The first-order valence-corrected chi connectivity index (χ1v) is 4.57. The number of esters is 1. The average Bonchev–Trinajstić information content (AvgIpc) is 2.04. The third-order valence-electron chi connectivity index (χ3n) is 1.34. The van der Waals surface area contributed by atoms with Crippen molar-refractivity contribution in [3.63, 3.8) is 0 Å². The lowest BCUT2D eigenvalue weighted by atomic mass is 10.2. The highest BCUT2D eigenvalue weighted by molar-refractivity contribution is 5.75.